The second kappa shape index (κ2) is 5.40. The van der Waals surface area contributed by atoms with Crippen molar-refractivity contribution in [1.82, 2.24) is 4.98 Å². The lowest BCUT2D eigenvalue weighted by Gasteiger charge is -2.33. The zero-order valence-corrected chi connectivity index (χ0v) is 14.0. The van der Waals surface area contributed by atoms with Crippen molar-refractivity contribution in [2.45, 2.75) is 64.0 Å². The molecular weight excluding hydrogens is 280 g/mol. The monoisotopic (exact) mass is 304 g/mol. The molecule has 1 heterocycles. The Labute approximate surface area is 130 Å². The van der Waals surface area contributed by atoms with Crippen LogP contribution in [0.2, 0.25) is 0 Å². The molecule has 4 heteroatoms. The van der Waals surface area contributed by atoms with Gasteiger partial charge in [0.15, 0.2) is 0 Å². The van der Waals surface area contributed by atoms with E-state index in [2.05, 4.69) is 11.1 Å². The summed E-state index contributed by atoms with van der Waals surface area (Å²) >= 11 is -1.20. The van der Waals surface area contributed by atoms with E-state index in [1.54, 1.807) is 0 Å². The van der Waals surface area contributed by atoms with E-state index in [9.17, 15) is 4.55 Å². The second-order valence-electron chi connectivity index (χ2n) is 7.35. The van der Waals surface area contributed by atoms with Gasteiger partial charge < -0.3 is 4.55 Å². The summed E-state index contributed by atoms with van der Waals surface area (Å²) in [4.78, 5) is 4.27. The van der Waals surface area contributed by atoms with Crippen molar-refractivity contribution < 1.29 is 4.55 Å². The number of hydrogen-bond acceptors (Lipinski definition) is 3. The molecule has 2 aliphatic rings. The SMILES string of the molecule is CC(C)(C)[S@@+]([O-])/N=C1\c2cnccc2CC12CCCCC2. The lowest BCUT2D eigenvalue weighted by Crippen LogP contribution is -2.34. The van der Waals surface area contributed by atoms with Crippen molar-refractivity contribution in [2.75, 3.05) is 0 Å². The van der Waals surface area contributed by atoms with Crippen LogP contribution in [0.4, 0.5) is 0 Å². The van der Waals surface area contributed by atoms with Gasteiger partial charge in [0.05, 0.1) is 0 Å². The van der Waals surface area contributed by atoms with Crippen molar-refractivity contribution in [3.05, 3.63) is 29.6 Å². The maximum Gasteiger partial charge on any atom is 0.144 e. The van der Waals surface area contributed by atoms with Gasteiger partial charge in [-0.15, -0.1) is 0 Å². The molecule has 114 valence electrons. The Morgan fingerprint density at radius 3 is 2.62 bits per heavy atom. The highest BCUT2D eigenvalue weighted by atomic mass is 32.2. The highest BCUT2D eigenvalue weighted by molar-refractivity contribution is 7.91. The van der Waals surface area contributed by atoms with Crippen LogP contribution in [0, 0.1) is 5.41 Å². The van der Waals surface area contributed by atoms with E-state index in [4.69, 9.17) is 4.40 Å². The first kappa shape index (κ1) is 15.0. The summed E-state index contributed by atoms with van der Waals surface area (Å²) in [6, 6.07) is 2.11. The highest BCUT2D eigenvalue weighted by Gasteiger charge is 2.46. The number of pyridine rings is 1. The highest BCUT2D eigenvalue weighted by Crippen LogP contribution is 2.48. The lowest BCUT2D eigenvalue weighted by atomic mass is 9.71. The van der Waals surface area contributed by atoms with Gasteiger partial charge in [-0.2, -0.15) is 0 Å². The van der Waals surface area contributed by atoms with Gasteiger partial charge in [0, 0.05) is 23.4 Å². The molecule has 0 N–H and O–H groups in total. The molecule has 1 fully saturated rings. The van der Waals surface area contributed by atoms with Crippen molar-refractivity contribution in [3.63, 3.8) is 0 Å². The molecule has 0 unspecified atom stereocenters. The minimum Gasteiger partial charge on any atom is -0.591 e. The first-order valence-electron chi connectivity index (χ1n) is 7.87. The molecule has 1 atom stereocenters. The van der Waals surface area contributed by atoms with E-state index in [1.165, 1.54) is 37.7 Å². The summed E-state index contributed by atoms with van der Waals surface area (Å²) in [5.74, 6) is 0. The summed E-state index contributed by atoms with van der Waals surface area (Å²) in [5.41, 5.74) is 3.65. The maximum atomic E-state index is 12.6. The molecule has 3 rings (SSSR count). The fourth-order valence-electron chi connectivity index (χ4n) is 3.53. The lowest BCUT2D eigenvalue weighted by molar-refractivity contribution is 0.291. The van der Waals surface area contributed by atoms with Crippen LogP contribution in [-0.4, -0.2) is 20.0 Å². The molecular formula is C17H24N2OS. The van der Waals surface area contributed by atoms with Crippen LogP contribution in [0.15, 0.2) is 22.9 Å². The number of aromatic nitrogens is 1. The Kier molecular flexibility index (Phi) is 3.87. The zero-order valence-electron chi connectivity index (χ0n) is 13.2. The first-order valence-corrected chi connectivity index (χ1v) is 8.97. The molecule has 1 spiro atoms. The van der Waals surface area contributed by atoms with Crippen LogP contribution < -0.4 is 0 Å². The predicted molar refractivity (Wildman–Crippen MR) is 87.9 cm³/mol. The van der Waals surface area contributed by atoms with Gasteiger partial charge in [0.1, 0.15) is 21.8 Å². The summed E-state index contributed by atoms with van der Waals surface area (Å²) in [6.45, 7) is 5.96. The first-order chi connectivity index (χ1) is 9.92. The third-order valence-electron chi connectivity index (χ3n) is 4.71. The Morgan fingerprint density at radius 1 is 1.24 bits per heavy atom. The van der Waals surface area contributed by atoms with Gasteiger partial charge in [-0.3, -0.25) is 4.98 Å². The van der Waals surface area contributed by atoms with E-state index < -0.39 is 11.4 Å². The largest absolute Gasteiger partial charge is 0.591 e. The molecule has 1 aromatic heterocycles. The summed E-state index contributed by atoms with van der Waals surface area (Å²) in [6.07, 6.45) is 11.0. The summed E-state index contributed by atoms with van der Waals surface area (Å²) in [7, 11) is 0. The molecule has 1 aromatic rings. The minimum absolute atomic E-state index is 0.116. The van der Waals surface area contributed by atoms with E-state index >= 15 is 0 Å². The molecule has 0 bridgehead atoms. The number of fused-ring (bicyclic) bond motifs is 1. The minimum atomic E-state index is -1.20. The Morgan fingerprint density at radius 2 is 1.95 bits per heavy atom. The van der Waals surface area contributed by atoms with Crippen LogP contribution in [-0.2, 0) is 17.8 Å². The van der Waals surface area contributed by atoms with Gasteiger partial charge in [-0.1, -0.05) is 23.7 Å². The van der Waals surface area contributed by atoms with E-state index in [0.717, 1.165) is 17.7 Å². The Bertz CT molecular complexity index is 556. The molecule has 0 amide bonds. The predicted octanol–water partition coefficient (Wildman–Crippen LogP) is 3.84. The number of hydrogen-bond donors (Lipinski definition) is 0. The fraction of sp³-hybridized carbons (Fsp3) is 0.647. The molecule has 0 saturated heterocycles. The van der Waals surface area contributed by atoms with Gasteiger partial charge in [-0.05, 0) is 51.7 Å². The molecule has 0 aliphatic heterocycles. The van der Waals surface area contributed by atoms with Crippen LogP contribution in [0.25, 0.3) is 0 Å². The van der Waals surface area contributed by atoms with Crippen LogP contribution in [0.1, 0.15) is 64.0 Å². The van der Waals surface area contributed by atoms with Crippen LogP contribution in [0.5, 0.6) is 0 Å². The summed E-state index contributed by atoms with van der Waals surface area (Å²) < 4.78 is 17.0. The molecule has 21 heavy (non-hydrogen) atoms. The van der Waals surface area contributed by atoms with Gasteiger partial charge in [-0.25, -0.2) is 0 Å². The van der Waals surface area contributed by atoms with Gasteiger partial charge >= 0.3 is 0 Å². The Balaban J connectivity index is 2.05. The molecule has 0 radical (unpaired) electrons. The third-order valence-corrected chi connectivity index (χ3v) is 6.10. The third kappa shape index (κ3) is 2.76. The molecule has 1 saturated carbocycles. The summed E-state index contributed by atoms with van der Waals surface area (Å²) in [5, 5.41) is 0. The fourth-order valence-corrected chi connectivity index (χ4v) is 4.26. The quantitative estimate of drug-likeness (QED) is 0.740. The second-order valence-corrected chi connectivity index (χ2v) is 9.26. The maximum absolute atomic E-state index is 12.6. The van der Waals surface area contributed by atoms with Gasteiger partial charge in [0.25, 0.3) is 0 Å². The molecule has 2 aliphatic carbocycles. The molecule has 0 aromatic carbocycles. The van der Waals surface area contributed by atoms with E-state index in [0.29, 0.717) is 0 Å². The average Bonchev–Trinajstić information content (AvgIpc) is 2.72. The number of nitrogens with zero attached hydrogens (tertiary/aromatic N) is 2. The standard InChI is InChI=1S/C17H24N2OS/c1-16(2,3)21(20)19-15-14-12-18-10-7-13(14)11-17(15)8-5-4-6-9-17/h7,10,12H,4-6,8-9,11H2,1-3H3/b19-15+/t21-/m1/s1. The van der Waals surface area contributed by atoms with E-state index in [1.807, 2.05) is 33.2 Å². The van der Waals surface area contributed by atoms with E-state index in [-0.39, 0.29) is 10.2 Å². The average molecular weight is 304 g/mol. The number of rotatable bonds is 1. The zero-order chi connectivity index (χ0) is 15.1. The van der Waals surface area contributed by atoms with Crippen LogP contribution in [0.3, 0.4) is 0 Å². The smallest absolute Gasteiger partial charge is 0.144 e. The molecule has 3 nitrogen and oxygen atoms in total. The van der Waals surface area contributed by atoms with Crippen LogP contribution >= 0.6 is 0 Å². The van der Waals surface area contributed by atoms with Crippen molar-refractivity contribution in [2.24, 2.45) is 9.81 Å². The van der Waals surface area contributed by atoms with Crippen molar-refractivity contribution in [1.29, 1.82) is 0 Å². The van der Waals surface area contributed by atoms with Crippen molar-refractivity contribution in [3.8, 4) is 0 Å². The van der Waals surface area contributed by atoms with Crippen molar-refractivity contribution >= 4 is 17.1 Å². The Hall–Kier alpha value is -0.870. The topological polar surface area (TPSA) is 48.3 Å². The normalized spacial score (nSPS) is 24.3. The van der Waals surface area contributed by atoms with Gasteiger partial charge in [0.2, 0.25) is 0 Å².